The summed E-state index contributed by atoms with van der Waals surface area (Å²) >= 11 is 0. The molecular formula is C14H27NO. The summed E-state index contributed by atoms with van der Waals surface area (Å²) in [4.78, 5) is 0. The predicted octanol–water partition coefficient (Wildman–Crippen LogP) is 3.11. The van der Waals surface area contributed by atoms with E-state index in [1.54, 1.807) is 0 Å². The molecule has 0 atom stereocenters. The molecule has 2 aliphatic carbocycles. The molecule has 2 fully saturated rings. The summed E-state index contributed by atoms with van der Waals surface area (Å²) in [6, 6.07) is 0.743. The Hall–Kier alpha value is -0.0800. The first-order valence-corrected chi connectivity index (χ1v) is 7.16. The van der Waals surface area contributed by atoms with Gasteiger partial charge in [0.25, 0.3) is 0 Å². The number of rotatable bonds is 5. The second kappa shape index (κ2) is 6.02. The minimum absolute atomic E-state index is 0.563. The highest BCUT2D eigenvalue weighted by Gasteiger charge is 2.32. The number of hydrogen-bond donors (Lipinski definition) is 1. The molecule has 0 radical (unpaired) electrons. The van der Waals surface area contributed by atoms with E-state index in [0.717, 1.165) is 12.0 Å². The Morgan fingerprint density at radius 3 is 2.38 bits per heavy atom. The van der Waals surface area contributed by atoms with E-state index >= 15 is 0 Å². The first-order chi connectivity index (χ1) is 7.78. The first kappa shape index (κ1) is 12.4. The lowest BCUT2D eigenvalue weighted by atomic mass is 9.86. The molecule has 2 rings (SSSR count). The second-order valence-corrected chi connectivity index (χ2v) is 5.76. The molecule has 0 bridgehead atoms. The van der Waals surface area contributed by atoms with Gasteiger partial charge >= 0.3 is 0 Å². The molecule has 94 valence electrons. The monoisotopic (exact) mass is 225 g/mol. The minimum Gasteiger partial charge on any atom is -0.375 e. The Morgan fingerprint density at radius 2 is 1.75 bits per heavy atom. The zero-order valence-electron chi connectivity index (χ0n) is 10.9. The van der Waals surface area contributed by atoms with E-state index in [0.29, 0.717) is 12.2 Å². The summed E-state index contributed by atoms with van der Waals surface area (Å²) in [7, 11) is 0. The van der Waals surface area contributed by atoms with Crippen LogP contribution >= 0.6 is 0 Å². The maximum absolute atomic E-state index is 6.15. The van der Waals surface area contributed by atoms with Gasteiger partial charge in [-0.25, -0.2) is 0 Å². The van der Waals surface area contributed by atoms with Crippen LogP contribution in [0.25, 0.3) is 0 Å². The van der Waals surface area contributed by atoms with Crippen LogP contribution < -0.4 is 5.32 Å². The summed E-state index contributed by atoms with van der Waals surface area (Å²) in [5, 5.41) is 3.56. The van der Waals surface area contributed by atoms with Crippen LogP contribution in [0.2, 0.25) is 0 Å². The van der Waals surface area contributed by atoms with E-state index < -0.39 is 0 Å². The van der Waals surface area contributed by atoms with Crippen LogP contribution in [0.5, 0.6) is 0 Å². The highest BCUT2D eigenvalue weighted by Crippen LogP contribution is 2.31. The molecule has 0 amide bonds. The lowest BCUT2D eigenvalue weighted by molar-refractivity contribution is -0.0800. The Balaban J connectivity index is 1.55. The second-order valence-electron chi connectivity index (χ2n) is 5.76. The molecule has 0 heterocycles. The SMILES string of the molecule is CCCNC1CC(OC2CCC(C)CC2)C1. The van der Waals surface area contributed by atoms with Crippen LogP contribution in [0, 0.1) is 5.92 Å². The van der Waals surface area contributed by atoms with Crippen molar-refractivity contribution < 1.29 is 4.74 Å². The lowest BCUT2D eigenvalue weighted by Crippen LogP contribution is -2.47. The molecule has 16 heavy (non-hydrogen) atoms. The fourth-order valence-electron chi connectivity index (χ4n) is 2.83. The third-order valence-electron chi connectivity index (χ3n) is 4.13. The van der Waals surface area contributed by atoms with Crippen molar-refractivity contribution in [2.45, 2.75) is 77.0 Å². The molecule has 0 aromatic heterocycles. The van der Waals surface area contributed by atoms with Crippen molar-refractivity contribution in [2.24, 2.45) is 5.92 Å². The maximum atomic E-state index is 6.15. The van der Waals surface area contributed by atoms with E-state index in [4.69, 9.17) is 4.74 Å². The first-order valence-electron chi connectivity index (χ1n) is 7.16. The van der Waals surface area contributed by atoms with Gasteiger partial charge in [0.1, 0.15) is 0 Å². The van der Waals surface area contributed by atoms with Crippen LogP contribution in [0.15, 0.2) is 0 Å². The van der Waals surface area contributed by atoms with Gasteiger partial charge in [-0.05, 0) is 57.4 Å². The third-order valence-corrected chi connectivity index (χ3v) is 4.13. The van der Waals surface area contributed by atoms with E-state index in [1.807, 2.05) is 0 Å². The maximum Gasteiger partial charge on any atom is 0.0608 e. The minimum atomic E-state index is 0.563. The molecule has 2 aliphatic rings. The zero-order valence-corrected chi connectivity index (χ0v) is 10.9. The van der Waals surface area contributed by atoms with E-state index in [1.165, 1.54) is 51.5 Å². The normalized spacial score (nSPS) is 39.4. The van der Waals surface area contributed by atoms with Gasteiger partial charge in [-0.15, -0.1) is 0 Å². The largest absolute Gasteiger partial charge is 0.375 e. The summed E-state index contributed by atoms with van der Waals surface area (Å²) < 4.78 is 6.15. The molecule has 2 saturated carbocycles. The quantitative estimate of drug-likeness (QED) is 0.776. The van der Waals surface area contributed by atoms with Gasteiger partial charge in [-0.3, -0.25) is 0 Å². The van der Waals surface area contributed by atoms with Gasteiger partial charge in [-0.2, -0.15) is 0 Å². The van der Waals surface area contributed by atoms with Crippen LogP contribution in [-0.2, 0) is 4.74 Å². The molecule has 0 aromatic carbocycles. The van der Waals surface area contributed by atoms with Crippen molar-refractivity contribution in [2.75, 3.05) is 6.54 Å². The third kappa shape index (κ3) is 3.46. The zero-order chi connectivity index (χ0) is 11.4. The summed E-state index contributed by atoms with van der Waals surface area (Å²) in [5.74, 6) is 0.931. The van der Waals surface area contributed by atoms with Crippen molar-refractivity contribution >= 4 is 0 Å². The average Bonchev–Trinajstić information content (AvgIpc) is 2.24. The summed E-state index contributed by atoms with van der Waals surface area (Å²) in [6.45, 7) is 5.76. The lowest BCUT2D eigenvalue weighted by Gasteiger charge is -2.39. The van der Waals surface area contributed by atoms with Gasteiger partial charge < -0.3 is 10.1 Å². The highest BCUT2D eigenvalue weighted by molar-refractivity contribution is 4.87. The summed E-state index contributed by atoms with van der Waals surface area (Å²) in [6.07, 6.45) is 10.2. The van der Waals surface area contributed by atoms with Crippen molar-refractivity contribution in [1.29, 1.82) is 0 Å². The van der Waals surface area contributed by atoms with Crippen LogP contribution in [0.1, 0.15) is 58.8 Å². The Bertz CT molecular complexity index is 193. The Kier molecular flexibility index (Phi) is 4.66. The molecule has 0 aliphatic heterocycles. The number of hydrogen-bond acceptors (Lipinski definition) is 2. The van der Waals surface area contributed by atoms with Crippen LogP contribution in [0.3, 0.4) is 0 Å². The molecule has 0 spiro atoms. The Morgan fingerprint density at radius 1 is 1.06 bits per heavy atom. The van der Waals surface area contributed by atoms with Crippen LogP contribution in [-0.4, -0.2) is 24.8 Å². The molecule has 1 N–H and O–H groups in total. The van der Waals surface area contributed by atoms with Crippen molar-refractivity contribution in [3.8, 4) is 0 Å². The predicted molar refractivity (Wildman–Crippen MR) is 67.6 cm³/mol. The van der Waals surface area contributed by atoms with Crippen molar-refractivity contribution in [3.05, 3.63) is 0 Å². The fraction of sp³-hybridized carbons (Fsp3) is 1.00. The molecule has 0 saturated heterocycles. The topological polar surface area (TPSA) is 21.3 Å². The van der Waals surface area contributed by atoms with Gasteiger partial charge in [0.05, 0.1) is 12.2 Å². The molecule has 0 aromatic rings. The van der Waals surface area contributed by atoms with Crippen LogP contribution in [0.4, 0.5) is 0 Å². The van der Waals surface area contributed by atoms with Crippen molar-refractivity contribution in [1.82, 2.24) is 5.32 Å². The van der Waals surface area contributed by atoms with E-state index in [-0.39, 0.29) is 0 Å². The van der Waals surface area contributed by atoms with Gasteiger partial charge in [0.15, 0.2) is 0 Å². The van der Waals surface area contributed by atoms with E-state index in [2.05, 4.69) is 19.2 Å². The smallest absolute Gasteiger partial charge is 0.0608 e. The number of nitrogens with one attached hydrogen (secondary N) is 1. The van der Waals surface area contributed by atoms with Crippen molar-refractivity contribution in [3.63, 3.8) is 0 Å². The Labute approximate surface area is 100 Å². The molecule has 0 unspecified atom stereocenters. The standard InChI is InChI=1S/C14H27NO/c1-3-8-15-12-9-14(10-12)16-13-6-4-11(2)5-7-13/h11-15H,3-10H2,1-2H3. The average molecular weight is 225 g/mol. The van der Waals surface area contributed by atoms with E-state index in [9.17, 15) is 0 Å². The number of ether oxygens (including phenoxy) is 1. The molecule has 2 heteroatoms. The van der Waals surface area contributed by atoms with Gasteiger partial charge in [-0.1, -0.05) is 13.8 Å². The van der Waals surface area contributed by atoms with Gasteiger partial charge in [0.2, 0.25) is 0 Å². The van der Waals surface area contributed by atoms with Gasteiger partial charge in [0, 0.05) is 6.04 Å². The fourth-order valence-corrected chi connectivity index (χ4v) is 2.83. The molecular weight excluding hydrogens is 198 g/mol. The molecule has 2 nitrogen and oxygen atoms in total. The highest BCUT2D eigenvalue weighted by atomic mass is 16.5. The summed E-state index contributed by atoms with van der Waals surface area (Å²) in [5.41, 5.74) is 0.